The summed E-state index contributed by atoms with van der Waals surface area (Å²) in [6.45, 7) is 4.63. The van der Waals surface area contributed by atoms with Gasteiger partial charge in [-0.1, -0.05) is 18.6 Å². The average molecular weight is 291 g/mol. The van der Waals surface area contributed by atoms with Crippen molar-refractivity contribution in [3.8, 4) is 5.75 Å². The van der Waals surface area contributed by atoms with Crippen molar-refractivity contribution >= 4 is 5.97 Å². The van der Waals surface area contributed by atoms with Crippen LogP contribution in [-0.2, 0) is 4.79 Å². The van der Waals surface area contributed by atoms with E-state index in [-0.39, 0.29) is 5.92 Å². The number of carboxylic acid groups (broad SMARTS) is 1. The highest BCUT2D eigenvalue weighted by atomic mass is 16.5. The molecule has 4 nitrogen and oxygen atoms in total. The Morgan fingerprint density at radius 1 is 1.48 bits per heavy atom. The number of hydrogen-bond acceptors (Lipinski definition) is 3. The van der Waals surface area contributed by atoms with Crippen LogP contribution in [0.5, 0.6) is 5.75 Å². The monoisotopic (exact) mass is 291 g/mol. The summed E-state index contributed by atoms with van der Waals surface area (Å²) in [6.07, 6.45) is 3.37. The molecule has 21 heavy (non-hydrogen) atoms. The minimum absolute atomic E-state index is 0.130. The van der Waals surface area contributed by atoms with E-state index in [0.717, 1.165) is 30.6 Å². The second-order valence-electron chi connectivity index (χ2n) is 6.02. The standard InChI is InChI=1S/C17H25NO3/c1-12-6-7-13(2)15(11-12)21-10-8-14-5-4-9-17(14,18-3)16(19)20/h6-7,11,14,18H,4-5,8-10H2,1-3H3,(H,19,20). The molecule has 0 radical (unpaired) electrons. The Morgan fingerprint density at radius 3 is 2.90 bits per heavy atom. The highest BCUT2D eigenvalue weighted by Crippen LogP contribution is 2.38. The Balaban J connectivity index is 1.96. The molecule has 1 fully saturated rings. The molecule has 1 aliphatic carbocycles. The molecule has 4 heteroatoms. The lowest BCUT2D eigenvalue weighted by Crippen LogP contribution is -2.53. The number of hydrogen-bond donors (Lipinski definition) is 2. The fourth-order valence-electron chi connectivity index (χ4n) is 3.36. The first-order valence-corrected chi connectivity index (χ1v) is 7.62. The fraction of sp³-hybridized carbons (Fsp3) is 0.588. The van der Waals surface area contributed by atoms with Crippen molar-refractivity contribution in [2.24, 2.45) is 5.92 Å². The zero-order chi connectivity index (χ0) is 15.5. The highest BCUT2D eigenvalue weighted by Gasteiger charge is 2.47. The molecule has 2 N–H and O–H groups in total. The largest absolute Gasteiger partial charge is 0.493 e. The van der Waals surface area contributed by atoms with E-state index in [0.29, 0.717) is 13.0 Å². The van der Waals surface area contributed by atoms with Crippen LogP contribution in [0.4, 0.5) is 0 Å². The summed E-state index contributed by atoms with van der Waals surface area (Å²) < 4.78 is 5.88. The predicted molar refractivity (Wildman–Crippen MR) is 82.8 cm³/mol. The molecule has 2 rings (SSSR count). The highest BCUT2D eigenvalue weighted by molar-refractivity contribution is 5.79. The van der Waals surface area contributed by atoms with Crippen molar-refractivity contribution < 1.29 is 14.6 Å². The molecule has 0 bridgehead atoms. The van der Waals surface area contributed by atoms with Crippen LogP contribution in [0.1, 0.15) is 36.8 Å². The smallest absolute Gasteiger partial charge is 0.324 e. The van der Waals surface area contributed by atoms with Crippen LogP contribution in [0, 0.1) is 19.8 Å². The number of nitrogens with one attached hydrogen (secondary N) is 1. The minimum atomic E-state index is -0.773. The summed E-state index contributed by atoms with van der Waals surface area (Å²) in [5, 5.41) is 12.6. The number of aryl methyl sites for hydroxylation is 2. The normalized spacial score (nSPS) is 25.0. The van der Waals surface area contributed by atoms with Crippen molar-refractivity contribution in [2.45, 2.75) is 45.1 Å². The molecule has 0 aliphatic heterocycles. The minimum Gasteiger partial charge on any atom is -0.493 e. The van der Waals surface area contributed by atoms with E-state index in [1.54, 1.807) is 7.05 Å². The zero-order valence-electron chi connectivity index (χ0n) is 13.1. The van der Waals surface area contributed by atoms with Crippen molar-refractivity contribution in [3.05, 3.63) is 29.3 Å². The van der Waals surface area contributed by atoms with Crippen molar-refractivity contribution in [3.63, 3.8) is 0 Å². The molecule has 1 aliphatic rings. The van der Waals surface area contributed by atoms with Gasteiger partial charge in [-0.25, -0.2) is 0 Å². The second-order valence-corrected chi connectivity index (χ2v) is 6.02. The maximum atomic E-state index is 11.6. The summed E-state index contributed by atoms with van der Waals surface area (Å²) in [5.74, 6) is 0.294. The molecule has 1 aromatic rings. The second kappa shape index (κ2) is 6.48. The molecule has 1 saturated carbocycles. The third-order valence-corrected chi connectivity index (χ3v) is 4.72. The third kappa shape index (κ3) is 3.21. The molecule has 0 aromatic heterocycles. The Labute approximate surface area is 126 Å². The summed E-state index contributed by atoms with van der Waals surface area (Å²) in [5.41, 5.74) is 1.52. The van der Waals surface area contributed by atoms with Gasteiger partial charge in [0, 0.05) is 0 Å². The number of likely N-dealkylation sites (N-methyl/N-ethyl adjacent to an activating group) is 1. The van der Waals surface area contributed by atoms with Crippen LogP contribution in [-0.4, -0.2) is 30.3 Å². The maximum absolute atomic E-state index is 11.6. The Bertz CT molecular complexity index is 515. The molecule has 116 valence electrons. The predicted octanol–water partition coefficient (Wildman–Crippen LogP) is 2.92. The van der Waals surface area contributed by atoms with Gasteiger partial charge in [0.05, 0.1) is 6.61 Å². The van der Waals surface area contributed by atoms with Crippen LogP contribution in [0.2, 0.25) is 0 Å². The average Bonchev–Trinajstić information content (AvgIpc) is 2.87. The molecule has 1 aromatic carbocycles. The fourth-order valence-corrected chi connectivity index (χ4v) is 3.36. The summed E-state index contributed by atoms with van der Waals surface area (Å²) in [4.78, 5) is 11.6. The van der Waals surface area contributed by atoms with E-state index in [1.165, 1.54) is 5.56 Å². The Morgan fingerprint density at radius 2 is 2.24 bits per heavy atom. The van der Waals surface area contributed by atoms with Crippen molar-refractivity contribution in [1.82, 2.24) is 5.32 Å². The van der Waals surface area contributed by atoms with Gasteiger partial charge in [0.1, 0.15) is 11.3 Å². The lowest BCUT2D eigenvalue weighted by atomic mass is 9.85. The number of rotatable bonds is 6. The van der Waals surface area contributed by atoms with Gasteiger partial charge in [-0.2, -0.15) is 0 Å². The van der Waals surface area contributed by atoms with Crippen LogP contribution in [0.25, 0.3) is 0 Å². The molecular weight excluding hydrogens is 266 g/mol. The first-order chi connectivity index (χ1) is 9.99. The van der Waals surface area contributed by atoms with Crippen molar-refractivity contribution in [1.29, 1.82) is 0 Å². The van der Waals surface area contributed by atoms with Crippen LogP contribution >= 0.6 is 0 Å². The van der Waals surface area contributed by atoms with Gasteiger partial charge in [-0.15, -0.1) is 0 Å². The Kier molecular flexibility index (Phi) is 4.88. The molecule has 2 unspecified atom stereocenters. The number of ether oxygens (including phenoxy) is 1. The maximum Gasteiger partial charge on any atom is 0.324 e. The molecular formula is C17H25NO3. The van der Waals surface area contributed by atoms with E-state index in [4.69, 9.17) is 4.74 Å². The van der Waals surface area contributed by atoms with Crippen molar-refractivity contribution in [2.75, 3.05) is 13.7 Å². The third-order valence-electron chi connectivity index (χ3n) is 4.72. The van der Waals surface area contributed by atoms with Gasteiger partial charge >= 0.3 is 5.97 Å². The zero-order valence-corrected chi connectivity index (χ0v) is 13.1. The quantitative estimate of drug-likeness (QED) is 0.846. The molecule has 2 atom stereocenters. The summed E-state index contributed by atoms with van der Waals surface area (Å²) in [7, 11) is 1.75. The Hall–Kier alpha value is -1.55. The molecule has 0 saturated heterocycles. The van der Waals surface area contributed by atoms with Gasteiger partial charge in [-0.05, 0) is 63.3 Å². The molecule has 0 spiro atoms. The van der Waals surface area contributed by atoms with Gasteiger partial charge in [0.2, 0.25) is 0 Å². The number of carbonyl (C=O) groups is 1. The van der Waals surface area contributed by atoms with Crippen LogP contribution in [0.15, 0.2) is 18.2 Å². The van der Waals surface area contributed by atoms with E-state index in [9.17, 15) is 9.90 Å². The van der Waals surface area contributed by atoms with E-state index >= 15 is 0 Å². The van der Waals surface area contributed by atoms with E-state index < -0.39 is 11.5 Å². The van der Waals surface area contributed by atoms with E-state index in [2.05, 4.69) is 17.4 Å². The lowest BCUT2D eigenvalue weighted by molar-refractivity contribution is -0.146. The summed E-state index contributed by atoms with van der Waals surface area (Å²) >= 11 is 0. The van der Waals surface area contributed by atoms with Gasteiger partial charge in [0.15, 0.2) is 0 Å². The SMILES string of the molecule is CNC1(C(=O)O)CCCC1CCOc1cc(C)ccc1C. The molecule has 0 amide bonds. The first kappa shape index (κ1) is 15.8. The number of carboxylic acids is 1. The van der Waals surface area contributed by atoms with E-state index in [1.807, 2.05) is 19.9 Å². The summed E-state index contributed by atoms with van der Waals surface area (Å²) in [6, 6.07) is 6.15. The number of benzene rings is 1. The van der Waals surface area contributed by atoms with Crippen LogP contribution < -0.4 is 10.1 Å². The van der Waals surface area contributed by atoms with Gasteiger partial charge in [-0.3, -0.25) is 4.79 Å². The number of aliphatic carboxylic acids is 1. The lowest BCUT2D eigenvalue weighted by Gasteiger charge is -2.31. The topological polar surface area (TPSA) is 58.6 Å². The van der Waals surface area contributed by atoms with Gasteiger partial charge < -0.3 is 15.2 Å². The van der Waals surface area contributed by atoms with Crippen LogP contribution in [0.3, 0.4) is 0 Å². The first-order valence-electron chi connectivity index (χ1n) is 7.62. The van der Waals surface area contributed by atoms with Gasteiger partial charge in [0.25, 0.3) is 0 Å². The molecule has 0 heterocycles.